The fourth-order valence-corrected chi connectivity index (χ4v) is 2.64. The molecule has 1 heterocycles. The largest absolute Gasteiger partial charge is 0.491 e. The van der Waals surface area contributed by atoms with Crippen molar-refractivity contribution < 1.29 is 14.4 Å². The highest BCUT2D eigenvalue weighted by molar-refractivity contribution is 8.00. The summed E-state index contributed by atoms with van der Waals surface area (Å²) >= 11 is 2.75. The maximum Gasteiger partial charge on any atom is 0.491 e. The highest BCUT2D eigenvalue weighted by atomic mass is 32.2. The van der Waals surface area contributed by atoms with E-state index in [4.69, 9.17) is 10.0 Å². The number of nitrogens with zero attached hydrogens (tertiary/aromatic N) is 2. The zero-order valence-electron chi connectivity index (χ0n) is 8.58. The van der Waals surface area contributed by atoms with Crippen molar-refractivity contribution in [2.24, 2.45) is 0 Å². The molecule has 17 heavy (non-hydrogen) atoms. The quantitative estimate of drug-likeness (QED) is 0.630. The van der Waals surface area contributed by atoms with Crippen LogP contribution in [-0.2, 0) is 5.75 Å². The van der Waals surface area contributed by atoms with Gasteiger partial charge in [-0.2, -0.15) is 4.37 Å². The first kappa shape index (κ1) is 12.5. The second-order valence-corrected chi connectivity index (χ2v) is 5.23. The van der Waals surface area contributed by atoms with Crippen molar-refractivity contribution in [3.05, 3.63) is 35.9 Å². The van der Waals surface area contributed by atoms with E-state index in [9.17, 15) is 4.39 Å². The van der Waals surface area contributed by atoms with Gasteiger partial charge in [0.25, 0.3) is 0 Å². The number of hydrogen-bond donors (Lipinski definition) is 2. The topological polar surface area (TPSA) is 66.2 Å². The van der Waals surface area contributed by atoms with Crippen molar-refractivity contribution in [1.29, 1.82) is 0 Å². The van der Waals surface area contributed by atoms with Gasteiger partial charge >= 0.3 is 7.12 Å². The van der Waals surface area contributed by atoms with E-state index in [0.29, 0.717) is 5.75 Å². The molecular formula is C9H8BFN2O2S2. The maximum absolute atomic E-state index is 13.2. The molecule has 0 radical (unpaired) electrons. The molecule has 0 bridgehead atoms. The monoisotopic (exact) mass is 270 g/mol. The van der Waals surface area contributed by atoms with Crippen molar-refractivity contribution in [2.45, 2.75) is 10.1 Å². The van der Waals surface area contributed by atoms with E-state index in [1.165, 1.54) is 41.8 Å². The van der Waals surface area contributed by atoms with Crippen LogP contribution in [0.25, 0.3) is 0 Å². The van der Waals surface area contributed by atoms with Gasteiger partial charge in [-0.3, -0.25) is 0 Å². The van der Waals surface area contributed by atoms with Gasteiger partial charge in [-0.25, -0.2) is 9.37 Å². The van der Waals surface area contributed by atoms with Gasteiger partial charge < -0.3 is 10.0 Å². The third-order valence-corrected chi connectivity index (χ3v) is 3.91. The first-order valence-electron chi connectivity index (χ1n) is 4.71. The molecule has 8 heteroatoms. The van der Waals surface area contributed by atoms with Crippen molar-refractivity contribution in [2.75, 3.05) is 0 Å². The predicted molar refractivity (Wildman–Crippen MR) is 65.7 cm³/mol. The van der Waals surface area contributed by atoms with E-state index < -0.39 is 12.9 Å². The third kappa shape index (κ3) is 3.26. The standard InChI is InChI=1S/C9H8BFN2O2S2/c11-8-2-1-6(3-7(8)10(14)15)4-16-9-12-5-13-17-9/h1-3,5,14-15H,4H2. The lowest BCUT2D eigenvalue weighted by Gasteiger charge is -2.04. The summed E-state index contributed by atoms with van der Waals surface area (Å²) in [7, 11) is -1.79. The van der Waals surface area contributed by atoms with Crippen LogP contribution in [0, 0.1) is 5.82 Å². The minimum absolute atomic E-state index is 0.111. The molecule has 1 aromatic carbocycles. The fourth-order valence-electron chi connectivity index (χ4n) is 1.25. The zero-order valence-corrected chi connectivity index (χ0v) is 10.2. The Morgan fingerprint density at radius 3 is 2.88 bits per heavy atom. The molecule has 0 fully saturated rings. The lowest BCUT2D eigenvalue weighted by Crippen LogP contribution is -2.32. The number of benzene rings is 1. The molecule has 0 aliphatic heterocycles. The van der Waals surface area contributed by atoms with E-state index in [0.717, 1.165) is 9.90 Å². The van der Waals surface area contributed by atoms with Crippen LogP contribution in [0.5, 0.6) is 0 Å². The second-order valence-electron chi connectivity index (χ2n) is 3.23. The van der Waals surface area contributed by atoms with Crippen molar-refractivity contribution in [3.8, 4) is 0 Å². The second kappa shape index (κ2) is 5.59. The summed E-state index contributed by atoms with van der Waals surface area (Å²) < 4.78 is 17.9. The Morgan fingerprint density at radius 1 is 1.41 bits per heavy atom. The van der Waals surface area contributed by atoms with Gasteiger partial charge in [0.2, 0.25) is 0 Å². The van der Waals surface area contributed by atoms with Crippen molar-refractivity contribution >= 4 is 35.9 Å². The van der Waals surface area contributed by atoms with E-state index in [-0.39, 0.29) is 5.46 Å². The molecule has 0 unspecified atom stereocenters. The summed E-state index contributed by atoms with van der Waals surface area (Å²) in [4.78, 5) is 4.00. The molecule has 2 aromatic rings. The zero-order chi connectivity index (χ0) is 12.3. The predicted octanol–water partition coefficient (Wildman–Crippen LogP) is 0.649. The summed E-state index contributed by atoms with van der Waals surface area (Å²) in [6.45, 7) is 0. The molecule has 0 spiro atoms. The highest BCUT2D eigenvalue weighted by Crippen LogP contribution is 2.22. The molecule has 1 aromatic heterocycles. The van der Waals surface area contributed by atoms with Crippen LogP contribution < -0.4 is 5.46 Å². The Bertz CT molecular complexity index is 496. The number of hydrogen-bond acceptors (Lipinski definition) is 6. The molecule has 4 nitrogen and oxygen atoms in total. The Kier molecular flexibility index (Phi) is 4.11. The summed E-state index contributed by atoms with van der Waals surface area (Å²) in [5.74, 6) is -0.0421. The SMILES string of the molecule is OB(O)c1cc(CSc2ncns2)ccc1F. The molecule has 0 aliphatic rings. The average molecular weight is 270 g/mol. The van der Waals surface area contributed by atoms with Crippen LogP contribution in [0.3, 0.4) is 0 Å². The smallest absolute Gasteiger partial charge is 0.423 e. The molecule has 0 aliphatic carbocycles. The minimum atomic E-state index is -1.79. The van der Waals surface area contributed by atoms with Gasteiger partial charge in [-0.1, -0.05) is 23.9 Å². The fraction of sp³-hybridized carbons (Fsp3) is 0.111. The van der Waals surface area contributed by atoms with Crippen LogP contribution in [0.15, 0.2) is 28.9 Å². The molecule has 0 saturated carbocycles. The van der Waals surface area contributed by atoms with Gasteiger partial charge in [-0.15, -0.1) is 0 Å². The summed E-state index contributed by atoms with van der Waals surface area (Å²) in [5, 5.41) is 17.9. The lowest BCUT2D eigenvalue weighted by molar-refractivity contribution is 0.423. The molecular weight excluding hydrogens is 262 g/mol. The Hall–Kier alpha value is -0.955. The number of halogens is 1. The van der Waals surface area contributed by atoms with Crippen LogP contribution in [0.4, 0.5) is 4.39 Å². The number of aromatic nitrogens is 2. The maximum atomic E-state index is 13.2. The van der Waals surface area contributed by atoms with Crippen LogP contribution >= 0.6 is 23.3 Å². The van der Waals surface area contributed by atoms with Gasteiger partial charge in [-0.05, 0) is 23.2 Å². The van der Waals surface area contributed by atoms with Crippen molar-refractivity contribution in [3.63, 3.8) is 0 Å². The molecule has 0 amide bonds. The van der Waals surface area contributed by atoms with Gasteiger partial charge in [0, 0.05) is 11.2 Å². The van der Waals surface area contributed by atoms with Gasteiger partial charge in [0.05, 0.1) is 0 Å². The lowest BCUT2D eigenvalue weighted by atomic mass is 9.79. The normalized spacial score (nSPS) is 10.5. The molecule has 2 N–H and O–H groups in total. The average Bonchev–Trinajstić information content (AvgIpc) is 2.80. The molecule has 88 valence electrons. The Labute approximate surface area is 106 Å². The first-order chi connectivity index (χ1) is 8.16. The Morgan fingerprint density at radius 2 is 2.24 bits per heavy atom. The molecule has 2 rings (SSSR count). The van der Waals surface area contributed by atoms with Gasteiger partial charge in [0.1, 0.15) is 12.1 Å². The first-order valence-corrected chi connectivity index (χ1v) is 6.46. The molecule has 0 atom stereocenters. The van der Waals surface area contributed by atoms with Crippen LogP contribution in [0.2, 0.25) is 0 Å². The van der Waals surface area contributed by atoms with E-state index in [1.54, 1.807) is 6.07 Å². The summed E-state index contributed by atoms with van der Waals surface area (Å²) in [5.41, 5.74) is 0.690. The number of rotatable bonds is 4. The van der Waals surface area contributed by atoms with Crippen LogP contribution in [-0.4, -0.2) is 26.5 Å². The van der Waals surface area contributed by atoms with E-state index >= 15 is 0 Å². The van der Waals surface area contributed by atoms with Crippen molar-refractivity contribution in [1.82, 2.24) is 9.36 Å². The third-order valence-electron chi connectivity index (χ3n) is 2.04. The highest BCUT2D eigenvalue weighted by Gasteiger charge is 2.16. The van der Waals surface area contributed by atoms with Crippen LogP contribution in [0.1, 0.15) is 5.56 Å². The van der Waals surface area contributed by atoms with E-state index in [1.807, 2.05) is 0 Å². The van der Waals surface area contributed by atoms with Gasteiger partial charge in [0.15, 0.2) is 4.34 Å². The minimum Gasteiger partial charge on any atom is -0.423 e. The summed E-state index contributed by atoms with van der Waals surface area (Å²) in [6, 6.07) is 4.27. The summed E-state index contributed by atoms with van der Waals surface area (Å²) in [6.07, 6.45) is 1.47. The molecule has 0 saturated heterocycles. The number of thioether (sulfide) groups is 1. The Balaban J connectivity index is 2.09. The van der Waals surface area contributed by atoms with E-state index in [2.05, 4.69) is 9.36 Å².